The first-order chi connectivity index (χ1) is 7.51. The van der Waals surface area contributed by atoms with Gasteiger partial charge in [-0.3, -0.25) is 0 Å². The van der Waals surface area contributed by atoms with Crippen LogP contribution in [-0.2, 0) is 6.18 Å². The molecule has 0 bridgehead atoms. The molecule has 0 radical (unpaired) electrons. The zero-order valence-corrected chi connectivity index (χ0v) is 8.71. The molecule has 0 aliphatic rings. The first-order valence-corrected chi connectivity index (χ1v) is 4.47. The standard InChI is InChI=1S/C11H8F6/c1-6-3-8(7(2)10(12,13)14)5-9(4-6)11(15,16)17/h3-5H,2H2,1H3. The lowest BCUT2D eigenvalue weighted by molar-refractivity contribution is -0.137. The summed E-state index contributed by atoms with van der Waals surface area (Å²) in [4.78, 5) is 0. The van der Waals surface area contributed by atoms with E-state index >= 15 is 0 Å². The number of hydrogen-bond donors (Lipinski definition) is 0. The second-order valence-electron chi connectivity index (χ2n) is 3.56. The van der Waals surface area contributed by atoms with Crippen molar-refractivity contribution in [2.24, 2.45) is 0 Å². The van der Waals surface area contributed by atoms with Crippen LogP contribution in [0, 0.1) is 6.92 Å². The lowest BCUT2D eigenvalue weighted by Gasteiger charge is -2.14. The molecule has 0 unspecified atom stereocenters. The molecule has 0 aromatic heterocycles. The van der Waals surface area contributed by atoms with Crippen molar-refractivity contribution in [3.05, 3.63) is 41.5 Å². The van der Waals surface area contributed by atoms with Crippen LogP contribution in [0.3, 0.4) is 0 Å². The molecular weight excluding hydrogens is 246 g/mol. The number of rotatable bonds is 1. The third-order valence-electron chi connectivity index (χ3n) is 2.10. The molecular formula is C11H8F6. The zero-order valence-electron chi connectivity index (χ0n) is 8.71. The minimum atomic E-state index is -4.74. The highest BCUT2D eigenvalue weighted by molar-refractivity contribution is 5.68. The maximum Gasteiger partial charge on any atom is 0.416 e. The van der Waals surface area contributed by atoms with Crippen LogP contribution in [0.2, 0.25) is 0 Å². The highest BCUT2D eigenvalue weighted by Crippen LogP contribution is 2.36. The number of benzene rings is 1. The normalized spacial score (nSPS) is 12.6. The van der Waals surface area contributed by atoms with Crippen molar-refractivity contribution < 1.29 is 26.3 Å². The average molecular weight is 254 g/mol. The fourth-order valence-electron chi connectivity index (χ4n) is 1.28. The molecule has 0 saturated heterocycles. The third-order valence-corrected chi connectivity index (χ3v) is 2.10. The molecule has 0 amide bonds. The van der Waals surface area contributed by atoms with Crippen molar-refractivity contribution in [1.82, 2.24) is 0 Å². The van der Waals surface area contributed by atoms with Crippen molar-refractivity contribution in [2.45, 2.75) is 19.3 Å². The Balaban J connectivity index is 3.29. The van der Waals surface area contributed by atoms with E-state index in [2.05, 4.69) is 6.58 Å². The van der Waals surface area contributed by atoms with E-state index in [1.807, 2.05) is 0 Å². The van der Waals surface area contributed by atoms with E-state index in [0.29, 0.717) is 6.07 Å². The van der Waals surface area contributed by atoms with E-state index in [1.54, 1.807) is 0 Å². The fraction of sp³-hybridized carbons (Fsp3) is 0.273. The van der Waals surface area contributed by atoms with Gasteiger partial charge in [0, 0.05) is 0 Å². The number of aryl methyl sites for hydroxylation is 1. The lowest BCUT2D eigenvalue weighted by atomic mass is 10.0. The minimum absolute atomic E-state index is 0.0974. The van der Waals surface area contributed by atoms with Crippen molar-refractivity contribution in [3.8, 4) is 0 Å². The second-order valence-corrected chi connectivity index (χ2v) is 3.56. The minimum Gasteiger partial charge on any atom is -0.166 e. The molecule has 17 heavy (non-hydrogen) atoms. The summed E-state index contributed by atoms with van der Waals surface area (Å²) < 4.78 is 74.1. The molecule has 1 aromatic carbocycles. The van der Waals surface area contributed by atoms with Gasteiger partial charge < -0.3 is 0 Å². The van der Waals surface area contributed by atoms with Crippen molar-refractivity contribution in [3.63, 3.8) is 0 Å². The van der Waals surface area contributed by atoms with Crippen LogP contribution in [-0.4, -0.2) is 6.18 Å². The molecule has 0 spiro atoms. The van der Waals surface area contributed by atoms with Crippen molar-refractivity contribution >= 4 is 5.57 Å². The monoisotopic (exact) mass is 254 g/mol. The Morgan fingerprint density at radius 2 is 1.53 bits per heavy atom. The first-order valence-electron chi connectivity index (χ1n) is 4.47. The van der Waals surface area contributed by atoms with E-state index in [4.69, 9.17) is 0 Å². The van der Waals surface area contributed by atoms with Gasteiger partial charge in [0.05, 0.1) is 11.1 Å². The van der Waals surface area contributed by atoms with Crippen molar-refractivity contribution in [1.29, 1.82) is 0 Å². The molecule has 0 aliphatic carbocycles. The molecule has 0 N–H and O–H groups in total. The predicted octanol–water partition coefficient (Wildman–Crippen LogP) is 4.59. The molecule has 0 saturated carbocycles. The highest BCUT2D eigenvalue weighted by atomic mass is 19.4. The molecule has 0 fully saturated rings. The van der Waals surface area contributed by atoms with E-state index in [-0.39, 0.29) is 5.56 Å². The third kappa shape index (κ3) is 3.25. The van der Waals surface area contributed by atoms with Crippen LogP contribution in [0.15, 0.2) is 24.8 Å². The van der Waals surface area contributed by atoms with Gasteiger partial charge in [-0.05, 0) is 30.2 Å². The Labute approximate surface area is 93.6 Å². The molecule has 94 valence electrons. The second kappa shape index (κ2) is 4.09. The van der Waals surface area contributed by atoms with Crippen LogP contribution in [0.5, 0.6) is 0 Å². The molecule has 0 heterocycles. The van der Waals surface area contributed by atoms with E-state index in [1.165, 1.54) is 6.92 Å². The smallest absolute Gasteiger partial charge is 0.166 e. The van der Waals surface area contributed by atoms with Gasteiger partial charge >= 0.3 is 12.4 Å². The number of hydrogen-bond acceptors (Lipinski definition) is 0. The summed E-state index contributed by atoms with van der Waals surface area (Å²) in [6, 6.07) is 2.25. The van der Waals surface area contributed by atoms with Gasteiger partial charge in [-0.1, -0.05) is 12.6 Å². The number of allylic oxidation sites excluding steroid dienone is 1. The summed E-state index contributed by atoms with van der Waals surface area (Å²) in [7, 11) is 0. The van der Waals surface area contributed by atoms with Crippen LogP contribution in [0.4, 0.5) is 26.3 Å². The Hall–Kier alpha value is -1.46. The average Bonchev–Trinajstić information content (AvgIpc) is 2.12. The summed E-state index contributed by atoms with van der Waals surface area (Å²) in [5.41, 5.74) is -2.87. The highest BCUT2D eigenvalue weighted by Gasteiger charge is 2.35. The van der Waals surface area contributed by atoms with Crippen molar-refractivity contribution in [2.75, 3.05) is 0 Å². The molecule has 1 rings (SSSR count). The molecule has 0 atom stereocenters. The van der Waals surface area contributed by atoms with Gasteiger partial charge in [0.15, 0.2) is 0 Å². The lowest BCUT2D eigenvalue weighted by Crippen LogP contribution is -2.12. The predicted molar refractivity (Wildman–Crippen MR) is 51.3 cm³/mol. The summed E-state index contributed by atoms with van der Waals surface area (Å²) >= 11 is 0. The SMILES string of the molecule is C=C(c1cc(C)cc(C(F)(F)F)c1)C(F)(F)F. The van der Waals surface area contributed by atoms with E-state index in [9.17, 15) is 26.3 Å². The summed E-state index contributed by atoms with van der Waals surface area (Å²) in [5.74, 6) is 0. The maximum atomic E-state index is 12.4. The Bertz CT molecular complexity index is 438. The van der Waals surface area contributed by atoms with Gasteiger partial charge in [-0.25, -0.2) is 0 Å². The summed E-state index contributed by atoms with van der Waals surface area (Å²) in [6.45, 7) is 4.06. The Morgan fingerprint density at radius 1 is 1.00 bits per heavy atom. The summed E-state index contributed by atoms with van der Waals surface area (Å²) in [6.07, 6.45) is -9.41. The van der Waals surface area contributed by atoms with Crippen LogP contribution >= 0.6 is 0 Å². The summed E-state index contributed by atoms with van der Waals surface area (Å²) in [5, 5.41) is 0. The number of halogens is 6. The number of alkyl halides is 6. The topological polar surface area (TPSA) is 0 Å². The maximum absolute atomic E-state index is 12.4. The molecule has 6 heteroatoms. The van der Waals surface area contributed by atoms with E-state index in [0.717, 1.165) is 12.1 Å². The first kappa shape index (κ1) is 13.6. The fourth-order valence-corrected chi connectivity index (χ4v) is 1.28. The molecule has 0 aliphatic heterocycles. The van der Waals surface area contributed by atoms with Gasteiger partial charge in [0.2, 0.25) is 0 Å². The largest absolute Gasteiger partial charge is 0.416 e. The van der Waals surface area contributed by atoms with Crippen LogP contribution in [0.25, 0.3) is 5.57 Å². The van der Waals surface area contributed by atoms with Gasteiger partial charge in [0.1, 0.15) is 0 Å². The zero-order chi connectivity index (χ0) is 13.4. The quantitative estimate of drug-likeness (QED) is 0.643. The Kier molecular flexibility index (Phi) is 3.27. The Morgan fingerprint density at radius 3 is 1.94 bits per heavy atom. The van der Waals surface area contributed by atoms with Crippen LogP contribution in [0.1, 0.15) is 16.7 Å². The molecule has 0 nitrogen and oxygen atoms in total. The van der Waals surface area contributed by atoms with Gasteiger partial charge in [-0.15, -0.1) is 0 Å². The van der Waals surface area contributed by atoms with Gasteiger partial charge in [0.25, 0.3) is 0 Å². The molecule has 1 aromatic rings. The van der Waals surface area contributed by atoms with Crippen LogP contribution < -0.4 is 0 Å². The van der Waals surface area contributed by atoms with Gasteiger partial charge in [-0.2, -0.15) is 26.3 Å². The van der Waals surface area contributed by atoms with E-state index < -0.39 is 29.1 Å².